The van der Waals surface area contributed by atoms with Crippen LogP contribution in [0, 0.1) is 0 Å². The van der Waals surface area contributed by atoms with Crippen LogP contribution in [0.1, 0.15) is 0 Å². The monoisotopic (exact) mass is 855 g/mol. The normalized spacial score (nSPS) is 11.6. The maximum atomic E-state index is 6.46. The van der Waals surface area contributed by atoms with E-state index >= 15 is 0 Å². The molecule has 2 heterocycles. The van der Waals surface area contributed by atoms with Crippen molar-refractivity contribution in [2.24, 2.45) is 0 Å². The molecule has 0 amide bonds. The Kier molecular flexibility index (Phi) is 9.17. The molecule has 11 aromatic carbocycles. The van der Waals surface area contributed by atoms with Gasteiger partial charge in [0.2, 0.25) is 0 Å². The van der Waals surface area contributed by atoms with Crippen LogP contribution in [0.2, 0.25) is 0 Å². The van der Waals surface area contributed by atoms with Crippen LogP contribution in [-0.4, -0.2) is 0 Å². The smallest absolute Gasteiger partial charge is 0.143 e. The quantitative estimate of drug-likeness (QED) is 0.152. The molecule has 0 saturated heterocycles. The fourth-order valence-corrected chi connectivity index (χ4v) is 10.0. The largest absolute Gasteiger partial charge is 0.455 e. The van der Waals surface area contributed by atoms with Crippen molar-refractivity contribution in [2.75, 3.05) is 4.90 Å². The van der Waals surface area contributed by atoms with Crippen molar-refractivity contribution in [1.82, 2.24) is 0 Å². The number of hydrogen-bond donors (Lipinski definition) is 0. The highest BCUT2D eigenvalue weighted by molar-refractivity contribution is 6.11. The molecule has 67 heavy (non-hydrogen) atoms. The van der Waals surface area contributed by atoms with Gasteiger partial charge in [0.05, 0.1) is 0 Å². The van der Waals surface area contributed by atoms with E-state index in [1.54, 1.807) is 0 Å². The third kappa shape index (κ3) is 6.76. The van der Waals surface area contributed by atoms with Gasteiger partial charge in [-0.3, -0.25) is 0 Å². The second-order valence-corrected chi connectivity index (χ2v) is 17.2. The highest BCUT2D eigenvalue weighted by atomic mass is 16.3. The molecule has 0 N–H and O–H groups in total. The first-order valence-corrected chi connectivity index (χ1v) is 22.8. The van der Waals surface area contributed by atoms with Gasteiger partial charge in [0, 0.05) is 49.7 Å². The second-order valence-electron chi connectivity index (χ2n) is 17.2. The van der Waals surface area contributed by atoms with Crippen LogP contribution in [-0.2, 0) is 0 Å². The van der Waals surface area contributed by atoms with Crippen LogP contribution >= 0.6 is 0 Å². The summed E-state index contributed by atoms with van der Waals surface area (Å²) >= 11 is 0. The Bertz CT molecular complexity index is 3790. The Morgan fingerprint density at radius 1 is 0.239 bits per heavy atom. The third-order valence-corrected chi connectivity index (χ3v) is 13.3. The molecular weight excluding hydrogens is 815 g/mol. The minimum atomic E-state index is 0.896. The van der Waals surface area contributed by atoms with E-state index in [-0.39, 0.29) is 0 Å². The highest BCUT2D eigenvalue weighted by Gasteiger charge is 2.18. The van der Waals surface area contributed by atoms with E-state index in [0.717, 1.165) is 94.3 Å². The molecule has 0 spiro atoms. The molecule has 3 nitrogen and oxygen atoms in total. The maximum Gasteiger partial charge on any atom is 0.143 e. The Morgan fingerprint density at radius 3 is 1.18 bits per heavy atom. The number of benzene rings is 11. The van der Waals surface area contributed by atoms with E-state index in [9.17, 15) is 0 Å². The van der Waals surface area contributed by atoms with Gasteiger partial charge in [-0.1, -0.05) is 182 Å². The number of fused-ring (bicyclic) bond motifs is 7. The summed E-state index contributed by atoms with van der Waals surface area (Å²) in [5.41, 5.74) is 18.2. The van der Waals surface area contributed by atoms with Gasteiger partial charge in [-0.25, -0.2) is 0 Å². The van der Waals surface area contributed by atoms with Gasteiger partial charge in [0.15, 0.2) is 0 Å². The van der Waals surface area contributed by atoms with Crippen LogP contribution in [0.4, 0.5) is 17.1 Å². The average molecular weight is 856 g/mol. The molecule has 314 valence electrons. The van der Waals surface area contributed by atoms with Gasteiger partial charge < -0.3 is 13.7 Å². The fraction of sp³-hybridized carbons (Fsp3) is 0. The fourth-order valence-electron chi connectivity index (χ4n) is 10.0. The number of hydrogen-bond acceptors (Lipinski definition) is 3. The molecule has 0 fully saturated rings. The predicted octanol–water partition coefficient (Wildman–Crippen LogP) is 18.4. The summed E-state index contributed by atoms with van der Waals surface area (Å²) in [7, 11) is 0. The molecule has 2 aromatic heterocycles. The van der Waals surface area contributed by atoms with Gasteiger partial charge in [0.25, 0.3) is 0 Å². The van der Waals surface area contributed by atoms with E-state index in [1.807, 2.05) is 24.3 Å². The van der Waals surface area contributed by atoms with E-state index in [0.29, 0.717) is 0 Å². The van der Waals surface area contributed by atoms with Crippen molar-refractivity contribution in [3.8, 4) is 55.6 Å². The molecule has 0 atom stereocenters. The number of anilines is 3. The molecule has 0 aliphatic carbocycles. The van der Waals surface area contributed by atoms with Gasteiger partial charge in [-0.05, 0) is 122 Å². The summed E-state index contributed by atoms with van der Waals surface area (Å²) in [6.07, 6.45) is 0. The summed E-state index contributed by atoms with van der Waals surface area (Å²) in [5, 5.41) is 6.97. The lowest BCUT2D eigenvalue weighted by Crippen LogP contribution is -2.09. The first kappa shape index (κ1) is 38.5. The van der Waals surface area contributed by atoms with Crippen LogP contribution < -0.4 is 4.90 Å². The van der Waals surface area contributed by atoms with Gasteiger partial charge in [0.1, 0.15) is 22.3 Å². The van der Waals surface area contributed by atoms with Crippen molar-refractivity contribution in [3.05, 3.63) is 249 Å². The third-order valence-electron chi connectivity index (χ3n) is 13.3. The molecule has 0 aliphatic rings. The molecular formula is C64H41NO2. The highest BCUT2D eigenvalue weighted by Crippen LogP contribution is 2.43. The Balaban J connectivity index is 0.914. The van der Waals surface area contributed by atoms with Crippen molar-refractivity contribution >= 4 is 71.7 Å². The van der Waals surface area contributed by atoms with Gasteiger partial charge in [-0.2, -0.15) is 0 Å². The van der Waals surface area contributed by atoms with Crippen LogP contribution in [0.5, 0.6) is 0 Å². The van der Waals surface area contributed by atoms with Gasteiger partial charge >= 0.3 is 0 Å². The van der Waals surface area contributed by atoms with E-state index in [2.05, 4.69) is 229 Å². The SMILES string of the molecule is c1ccc(-c2cc(-c3ccc(N(c4ccc(-c5cccc6c5oc5ccccc56)cc4)c4ccc(-c5cccc6c5oc5ccccc56)cc4)cc3)cc(-c3cccc4ccccc34)c2)cc1. The topological polar surface area (TPSA) is 29.5 Å². The van der Waals surface area contributed by atoms with E-state index < -0.39 is 0 Å². The van der Waals surface area contributed by atoms with Crippen molar-refractivity contribution in [3.63, 3.8) is 0 Å². The minimum absolute atomic E-state index is 0.896. The number of para-hydroxylation sites is 4. The Morgan fingerprint density at radius 2 is 0.627 bits per heavy atom. The van der Waals surface area contributed by atoms with Crippen LogP contribution in [0.25, 0.3) is 110 Å². The maximum absolute atomic E-state index is 6.46. The van der Waals surface area contributed by atoms with Crippen molar-refractivity contribution in [2.45, 2.75) is 0 Å². The standard InChI is InChI=1S/C64H41NO2/c1-2-13-42(14-3-1)47-39-48(41-49(40-47)54-20-10-16-44-15-4-5-17-53(44)54)43-27-33-50(34-28-43)65(51-35-29-45(30-36-51)55-21-11-23-59-57-18-6-8-25-61(57)66-63(55)59)52-37-31-46(32-38-52)56-22-12-24-60-58-19-7-9-26-62(58)67-64(56)60/h1-41H. The molecule has 0 radical (unpaired) electrons. The molecule has 3 heteroatoms. The summed E-state index contributed by atoms with van der Waals surface area (Å²) in [6, 6.07) is 88.9. The lowest BCUT2D eigenvalue weighted by atomic mass is 9.91. The molecule has 13 aromatic rings. The zero-order chi connectivity index (χ0) is 44.3. The second kappa shape index (κ2) is 16.0. The molecule has 0 bridgehead atoms. The lowest BCUT2D eigenvalue weighted by Gasteiger charge is -2.26. The molecule has 0 saturated carbocycles. The summed E-state index contributed by atoms with van der Waals surface area (Å²) in [5.74, 6) is 0. The van der Waals surface area contributed by atoms with Crippen LogP contribution in [0.15, 0.2) is 258 Å². The van der Waals surface area contributed by atoms with E-state index in [4.69, 9.17) is 8.83 Å². The predicted molar refractivity (Wildman–Crippen MR) is 280 cm³/mol. The summed E-state index contributed by atoms with van der Waals surface area (Å²) < 4.78 is 12.9. The number of rotatable bonds is 8. The number of furan rings is 2. The van der Waals surface area contributed by atoms with Gasteiger partial charge in [-0.15, -0.1) is 0 Å². The Hall–Kier alpha value is -8.92. The molecule has 0 aliphatic heterocycles. The zero-order valence-corrected chi connectivity index (χ0v) is 36.4. The van der Waals surface area contributed by atoms with E-state index in [1.165, 1.54) is 33.0 Å². The summed E-state index contributed by atoms with van der Waals surface area (Å²) in [6.45, 7) is 0. The minimum Gasteiger partial charge on any atom is -0.455 e. The molecule has 13 rings (SSSR count). The van der Waals surface area contributed by atoms with Crippen LogP contribution in [0.3, 0.4) is 0 Å². The summed E-state index contributed by atoms with van der Waals surface area (Å²) in [4.78, 5) is 2.34. The van der Waals surface area contributed by atoms with Crippen molar-refractivity contribution in [1.29, 1.82) is 0 Å². The van der Waals surface area contributed by atoms with Crippen molar-refractivity contribution < 1.29 is 8.83 Å². The zero-order valence-electron chi connectivity index (χ0n) is 36.4. The molecule has 0 unspecified atom stereocenters. The first-order valence-electron chi connectivity index (χ1n) is 22.8. The first-order chi connectivity index (χ1) is 33.2. The number of nitrogens with zero attached hydrogens (tertiary/aromatic N) is 1. The lowest BCUT2D eigenvalue weighted by molar-refractivity contribution is 0.669. The average Bonchev–Trinajstić information content (AvgIpc) is 3.98. The Labute approximate surface area is 388 Å².